The molecule has 2 aromatic carbocycles. The van der Waals surface area contributed by atoms with Gasteiger partial charge in [0.15, 0.2) is 5.75 Å². The number of hydrogen-bond acceptors (Lipinski definition) is 5. The Morgan fingerprint density at radius 2 is 1.82 bits per heavy atom. The van der Waals surface area contributed by atoms with Crippen LogP contribution in [-0.2, 0) is 6.42 Å². The molecule has 0 unspecified atom stereocenters. The summed E-state index contributed by atoms with van der Waals surface area (Å²) in [5.74, 6) is 0.785. The van der Waals surface area contributed by atoms with Crippen molar-refractivity contribution in [3.63, 3.8) is 0 Å². The van der Waals surface area contributed by atoms with Gasteiger partial charge in [0.2, 0.25) is 0 Å². The average Bonchev–Trinajstić information content (AvgIpc) is 2.81. The molecule has 33 heavy (non-hydrogen) atoms. The molecule has 4 rings (SSSR count). The van der Waals surface area contributed by atoms with Crippen LogP contribution >= 0.6 is 0 Å². The zero-order valence-corrected chi connectivity index (χ0v) is 19.9. The first-order valence-corrected chi connectivity index (χ1v) is 11.5. The van der Waals surface area contributed by atoms with Gasteiger partial charge in [0.1, 0.15) is 11.3 Å². The highest BCUT2D eigenvalue weighted by Crippen LogP contribution is 2.41. The van der Waals surface area contributed by atoms with Crippen LogP contribution in [0.1, 0.15) is 47.8 Å². The van der Waals surface area contributed by atoms with Crippen LogP contribution in [0.5, 0.6) is 5.75 Å². The summed E-state index contributed by atoms with van der Waals surface area (Å²) in [6.45, 7) is 11.6. The molecule has 170 valence electrons. The maximum atomic E-state index is 13.3. The van der Waals surface area contributed by atoms with E-state index >= 15 is 0 Å². The zero-order chi connectivity index (χ0) is 23.5. The molecule has 2 aromatic rings. The molecule has 1 N–H and O–H groups in total. The number of nitrogens with one attached hydrogen (secondary N) is 1. The Morgan fingerprint density at radius 3 is 2.55 bits per heavy atom. The largest absolute Gasteiger partial charge is 0.456 e. The first-order valence-electron chi connectivity index (χ1n) is 11.5. The summed E-state index contributed by atoms with van der Waals surface area (Å²) in [5.41, 5.74) is 6.01. The predicted octanol–water partition coefficient (Wildman–Crippen LogP) is 6.29. The minimum atomic E-state index is -0.366. The van der Waals surface area contributed by atoms with Crippen molar-refractivity contribution in [2.75, 3.05) is 18.4 Å². The van der Waals surface area contributed by atoms with E-state index in [-0.39, 0.29) is 5.97 Å². The number of anilines is 1. The number of fused-ring (bicyclic) bond motifs is 2. The van der Waals surface area contributed by atoms with Crippen LogP contribution in [0.4, 0.5) is 5.69 Å². The normalized spacial score (nSPS) is 11.8. The number of nitrogens with zero attached hydrogens (tertiary/aromatic N) is 1. The number of ether oxygens (including phenoxy) is 1. The standard InChI is InChI=1S/C28H30N2O3/c1-6-19-11-9-10-12-20(19)28(31)33-27-21-13-17(4)23(29-7-2)15-25(21)32-26-16-24(30-8-3)18(5)14-22(26)27/h9-16,29H,6-8H2,1-5H3. The van der Waals surface area contributed by atoms with E-state index in [9.17, 15) is 4.79 Å². The molecule has 1 aliphatic carbocycles. The Labute approximate surface area is 194 Å². The first-order chi connectivity index (χ1) is 16.0. The summed E-state index contributed by atoms with van der Waals surface area (Å²) >= 11 is 0. The van der Waals surface area contributed by atoms with Gasteiger partial charge in [0.25, 0.3) is 0 Å². The highest BCUT2D eigenvalue weighted by atomic mass is 16.5. The molecule has 0 bridgehead atoms. The van der Waals surface area contributed by atoms with Crippen LogP contribution in [0.3, 0.4) is 0 Å². The Kier molecular flexibility index (Phi) is 6.50. The third-order valence-electron chi connectivity index (χ3n) is 5.84. The van der Waals surface area contributed by atoms with Gasteiger partial charge in [0, 0.05) is 30.9 Å². The molecule has 0 aromatic heterocycles. The lowest BCUT2D eigenvalue weighted by Gasteiger charge is -2.18. The summed E-state index contributed by atoms with van der Waals surface area (Å²) < 4.78 is 12.4. The minimum Gasteiger partial charge on any atom is -0.456 e. The molecule has 2 aliphatic rings. The molecule has 0 saturated carbocycles. The summed E-state index contributed by atoms with van der Waals surface area (Å²) in [6, 6.07) is 15.5. The number of carbonyl (C=O) groups is 1. The van der Waals surface area contributed by atoms with Crippen LogP contribution in [0, 0.1) is 13.8 Å². The molecule has 0 radical (unpaired) electrons. The Morgan fingerprint density at radius 1 is 1.03 bits per heavy atom. The Balaban J connectivity index is 1.98. The van der Waals surface area contributed by atoms with Gasteiger partial charge in [-0.2, -0.15) is 0 Å². The maximum absolute atomic E-state index is 13.3. The van der Waals surface area contributed by atoms with Gasteiger partial charge in [-0.15, -0.1) is 0 Å². The third-order valence-corrected chi connectivity index (χ3v) is 5.84. The molecule has 1 heterocycles. The molecule has 0 fully saturated rings. The van der Waals surface area contributed by atoms with Gasteiger partial charge in [0.05, 0.1) is 21.9 Å². The van der Waals surface area contributed by atoms with E-state index in [1.807, 2.05) is 76.2 Å². The van der Waals surface area contributed by atoms with E-state index in [0.29, 0.717) is 29.2 Å². The number of aryl methyl sites for hydroxylation is 3. The van der Waals surface area contributed by atoms with Crippen molar-refractivity contribution in [2.45, 2.75) is 41.0 Å². The second-order valence-electron chi connectivity index (χ2n) is 8.13. The van der Waals surface area contributed by atoms with Crippen LogP contribution in [0.25, 0.3) is 22.3 Å². The number of benzene rings is 3. The molecule has 5 nitrogen and oxygen atoms in total. The Hall–Kier alpha value is -3.60. The first kappa shape index (κ1) is 22.6. The van der Waals surface area contributed by atoms with Gasteiger partial charge in [-0.3, -0.25) is 4.99 Å². The fourth-order valence-electron chi connectivity index (χ4n) is 4.16. The highest BCUT2D eigenvalue weighted by Gasteiger charge is 2.22. The molecule has 0 saturated heterocycles. The summed E-state index contributed by atoms with van der Waals surface area (Å²) in [4.78, 5) is 17.9. The smallest absolute Gasteiger partial charge is 0.343 e. The van der Waals surface area contributed by atoms with Crippen molar-refractivity contribution in [3.8, 4) is 17.1 Å². The molecule has 0 spiro atoms. The molecule has 0 atom stereocenters. The summed E-state index contributed by atoms with van der Waals surface area (Å²) in [6.07, 6.45) is 0.753. The van der Waals surface area contributed by atoms with Gasteiger partial charge in [-0.25, -0.2) is 4.79 Å². The van der Waals surface area contributed by atoms with Crippen molar-refractivity contribution >= 4 is 22.6 Å². The van der Waals surface area contributed by atoms with Crippen LogP contribution in [0.15, 0.2) is 57.9 Å². The molecular formula is C28H30N2O3. The van der Waals surface area contributed by atoms with Gasteiger partial charge < -0.3 is 14.5 Å². The van der Waals surface area contributed by atoms with Gasteiger partial charge in [-0.1, -0.05) is 25.1 Å². The monoisotopic (exact) mass is 442 g/mol. The van der Waals surface area contributed by atoms with Crippen molar-refractivity contribution < 1.29 is 13.9 Å². The quantitative estimate of drug-likeness (QED) is 0.282. The van der Waals surface area contributed by atoms with Crippen molar-refractivity contribution in [2.24, 2.45) is 4.99 Å². The number of carbonyl (C=O) groups excluding carboxylic acids is 1. The SMILES string of the molecule is CCN=c1cc2oc3cc(NCC)c(C)cc3c(OC(=O)c3ccccc3CC)c-2cc1C. The molecule has 5 heteroatoms. The second-order valence-corrected chi connectivity index (χ2v) is 8.13. The lowest BCUT2D eigenvalue weighted by molar-refractivity contribution is 0.0736. The van der Waals surface area contributed by atoms with E-state index in [1.165, 1.54) is 0 Å². The molecular weight excluding hydrogens is 412 g/mol. The minimum absolute atomic E-state index is 0.366. The molecule has 0 amide bonds. The summed E-state index contributed by atoms with van der Waals surface area (Å²) in [7, 11) is 0. The van der Waals surface area contributed by atoms with Crippen LogP contribution in [-0.4, -0.2) is 19.1 Å². The fraction of sp³-hybridized carbons (Fsp3) is 0.286. The van der Waals surface area contributed by atoms with Crippen molar-refractivity contribution in [1.29, 1.82) is 0 Å². The van der Waals surface area contributed by atoms with E-state index < -0.39 is 0 Å². The topological polar surface area (TPSA) is 63.8 Å². The van der Waals surface area contributed by atoms with Gasteiger partial charge in [-0.05, 0) is 69.0 Å². The second kappa shape index (κ2) is 9.49. The van der Waals surface area contributed by atoms with Crippen LogP contribution in [0.2, 0.25) is 0 Å². The number of rotatable bonds is 6. The predicted molar refractivity (Wildman–Crippen MR) is 133 cm³/mol. The lowest BCUT2D eigenvalue weighted by Crippen LogP contribution is -2.14. The Bertz CT molecular complexity index is 1370. The van der Waals surface area contributed by atoms with Crippen molar-refractivity contribution in [3.05, 3.63) is 76.1 Å². The third kappa shape index (κ3) is 4.36. The highest BCUT2D eigenvalue weighted by molar-refractivity contribution is 5.99. The number of hydrogen-bond donors (Lipinski definition) is 1. The van der Waals surface area contributed by atoms with Gasteiger partial charge >= 0.3 is 5.97 Å². The summed E-state index contributed by atoms with van der Waals surface area (Å²) in [5, 5.41) is 5.01. The van der Waals surface area contributed by atoms with Crippen molar-refractivity contribution in [1.82, 2.24) is 0 Å². The van der Waals surface area contributed by atoms with E-state index in [4.69, 9.17) is 9.15 Å². The lowest BCUT2D eigenvalue weighted by atomic mass is 10.0. The van der Waals surface area contributed by atoms with E-state index in [2.05, 4.69) is 17.2 Å². The van der Waals surface area contributed by atoms with E-state index in [0.717, 1.165) is 51.7 Å². The number of esters is 1. The zero-order valence-electron chi connectivity index (χ0n) is 19.9. The van der Waals surface area contributed by atoms with E-state index in [1.54, 1.807) is 0 Å². The molecule has 1 aliphatic heterocycles. The fourth-order valence-corrected chi connectivity index (χ4v) is 4.16. The van der Waals surface area contributed by atoms with Crippen LogP contribution < -0.4 is 15.4 Å². The maximum Gasteiger partial charge on any atom is 0.343 e. The average molecular weight is 443 g/mol.